The lowest BCUT2D eigenvalue weighted by atomic mass is 10.00. The molecule has 128 valence electrons. The van der Waals surface area contributed by atoms with E-state index in [1.807, 2.05) is 12.1 Å². The van der Waals surface area contributed by atoms with Crippen molar-refractivity contribution in [2.75, 3.05) is 46.5 Å². The van der Waals surface area contributed by atoms with Crippen molar-refractivity contribution in [1.82, 2.24) is 9.80 Å². The van der Waals surface area contributed by atoms with Gasteiger partial charge < -0.3 is 9.47 Å². The van der Waals surface area contributed by atoms with Gasteiger partial charge in [0, 0.05) is 37.8 Å². The minimum Gasteiger partial charge on any atom is -0.494 e. The van der Waals surface area contributed by atoms with Gasteiger partial charge in [0.25, 0.3) is 0 Å². The van der Waals surface area contributed by atoms with Crippen molar-refractivity contribution in [3.8, 4) is 5.75 Å². The minimum atomic E-state index is -0.217. The smallest absolute Gasteiger partial charge is 0.169 e. The van der Waals surface area contributed by atoms with Crippen molar-refractivity contribution in [3.63, 3.8) is 0 Å². The first-order valence-corrected chi connectivity index (χ1v) is 8.63. The van der Waals surface area contributed by atoms with Gasteiger partial charge in [-0.3, -0.25) is 9.80 Å². The molecule has 1 aromatic carbocycles. The van der Waals surface area contributed by atoms with Crippen LogP contribution in [0.2, 0.25) is 0 Å². The number of nitrogens with zero attached hydrogens (tertiary/aromatic N) is 2. The van der Waals surface area contributed by atoms with Crippen molar-refractivity contribution < 1.29 is 13.9 Å². The Hall–Kier alpha value is -1.17. The summed E-state index contributed by atoms with van der Waals surface area (Å²) in [5, 5.41) is 0. The van der Waals surface area contributed by atoms with Crippen LogP contribution in [0.4, 0.5) is 4.39 Å². The maximum absolute atomic E-state index is 14.4. The number of methoxy groups -OCH3 is 1. The van der Waals surface area contributed by atoms with Gasteiger partial charge >= 0.3 is 0 Å². The fourth-order valence-corrected chi connectivity index (χ4v) is 3.61. The lowest BCUT2D eigenvalue weighted by Gasteiger charge is -2.39. The van der Waals surface area contributed by atoms with E-state index in [2.05, 4.69) is 9.80 Å². The monoisotopic (exact) mass is 322 g/mol. The molecular formula is C18H27FN2O2. The third-order valence-electron chi connectivity index (χ3n) is 4.96. The maximum atomic E-state index is 14.4. The van der Waals surface area contributed by atoms with Crippen molar-refractivity contribution in [2.24, 2.45) is 0 Å². The first kappa shape index (κ1) is 16.7. The number of ether oxygens (including phenoxy) is 2. The van der Waals surface area contributed by atoms with Crippen molar-refractivity contribution in [2.45, 2.75) is 31.8 Å². The van der Waals surface area contributed by atoms with Crippen LogP contribution in [0.25, 0.3) is 0 Å². The molecule has 0 amide bonds. The van der Waals surface area contributed by atoms with Gasteiger partial charge in [-0.2, -0.15) is 0 Å². The van der Waals surface area contributed by atoms with Gasteiger partial charge in [0.1, 0.15) is 0 Å². The zero-order chi connectivity index (χ0) is 16.1. The zero-order valence-corrected chi connectivity index (χ0v) is 14.0. The summed E-state index contributed by atoms with van der Waals surface area (Å²) in [6.07, 6.45) is 3.67. The zero-order valence-electron chi connectivity index (χ0n) is 14.0. The van der Waals surface area contributed by atoms with E-state index in [4.69, 9.17) is 9.47 Å². The molecule has 3 rings (SSSR count). The molecular weight excluding hydrogens is 295 g/mol. The molecule has 0 aliphatic carbocycles. The molecule has 0 N–H and O–H groups in total. The van der Waals surface area contributed by atoms with Crippen LogP contribution >= 0.6 is 0 Å². The molecule has 2 heterocycles. The molecule has 4 nitrogen and oxygen atoms in total. The normalized spacial score (nSPS) is 23.8. The van der Waals surface area contributed by atoms with Crippen LogP contribution in [0.1, 0.15) is 24.8 Å². The van der Waals surface area contributed by atoms with E-state index in [1.54, 1.807) is 6.07 Å². The van der Waals surface area contributed by atoms with Crippen LogP contribution in [-0.4, -0.2) is 62.3 Å². The predicted molar refractivity (Wildman–Crippen MR) is 88.3 cm³/mol. The van der Waals surface area contributed by atoms with E-state index >= 15 is 0 Å². The van der Waals surface area contributed by atoms with Gasteiger partial charge in [-0.25, -0.2) is 4.39 Å². The molecule has 2 aliphatic rings. The molecule has 2 fully saturated rings. The van der Waals surface area contributed by atoms with Crippen LogP contribution < -0.4 is 4.74 Å². The number of benzene rings is 1. The summed E-state index contributed by atoms with van der Waals surface area (Å²) in [6.45, 7) is 6.46. The molecule has 1 atom stereocenters. The van der Waals surface area contributed by atoms with Crippen molar-refractivity contribution in [3.05, 3.63) is 29.6 Å². The number of morpholine rings is 1. The number of hydrogen-bond acceptors (Lipinski definition) is 4. The highest BCUT2D eigenvalue weighted by Crippen LogP contribution is 2.25. The van der Waals surface area contributed by atoms with Crippen LogP contribution in [0.3, 0.4) is 0 Å². The Kier molecular flexibility index (Phi) is 5.86. The number of likely N-dealkylation sites (tertiary alicyclic amines) is 1. The fourth-order valence-electron chi connectivity index (χ4n) is 3.61. The third kappa shape index (κ3) is 4.22. The van der Waals surface area contributed by atoms with Gasteiger partial charge in [0.15, 0.2) is 11.6 Å². The predicted octanol–water partition coefficient (Wildman–Crippen LogP) is 2.52. The molecule has 0 saturated carbocycles. The van der Waals surface area contributed by atoms with Crippen LogP contribution in [0, 0.1) is 5.82 Å². The summed E-state index contributed by atoms with van der Waals surface area (Å²) in [5.74, 6) is 0.120. The Labute approximate surface area is 138 Å². The summed E-state index contributed by atoms with van der Waals surface area (Å²) >= 11 is 0. The number of hydrogen-bond donors (Lipinski definition) is 0. The molecule has 0 unspecified atom stereocenters. The molecule has 5 heteroatoms. The minimum absolute atomic E-state index is 0.217. The van der Waals surface area contributed by atoms with Gasteiger partial charge in [0.2, 0.25) is 0 Å². The van der Waals surface area contributed by atoms with Gasteiger partial charge in [-0.15, -0.1) is 0 Å². The highest BCUT2D eigenvalue weighted by Gasteiger charge is 2.26. The average Bonchev–Trinajstić information content (AvgIpc) is 2.59. The standard InChI is InChI=1S/C18H27FN2O2/c1-22-17-7-4-5-15(18(17)19)13-21-8-3-2-6-16(21)14-20-9-11-23-12-10-20/h4-5,7,16H,2-3,6,8-14H2,1H3/t16-/m0/s1. The largest absolute Gasteiger partial charge is 0.494 e. The second-order valence-corrected chi connectivity index (χ2v) is 6.47. The quantitative estimate of drug-likeness (QED) is 0.832. The van der Waals surface area contributed by atoms with Gasteiger partial charge in [0.05, 0.1) is 20.3 Å². The van der Waals surface area contributed by atoms with Crippen molar-refractivity contribution in [1.29, 1.82) is 0 Å². The summed E-state index contributed by atoms with van der Waals surface area (Å²) < 4.78 is 25.0. The van der Waals surface area contributed by atoms with E-state index < -0.39 is 0 Å². The van der Waals surface area contributed by atoms with Crippen LogP contribution in [0.5, 0.6) is 5.75 Å². The third-order valence-corrected chi connectivity index (χ3v) is 4.96. The topological polar surface area (TPSA) is 24.9 Å². The number of piperidine rings is 1. The SMILES string of the molecule is COc1cccc(CN2CCCC[C@H]2CN2CCOCC2)c1F. The second kappa shape index (κ2) is 8.08. The first-order valence-electron chi connectivity index (χ1n) is 8.63. The summed E-state index contributed by atoms with van der Waals surface area (Å²) in [4.78, 5) is 4.92. The highest BCUT2D eigenvalue weighted by molar-refractivity contribution is 5.31. The molecule has 0 radical (unpaired) electrons. The summed E-state index contributed by atoms with van der Waals surface area (Å²) in [5.41, 5.74) is 0.734. The van der Waals surface area contributed by atoms with E-state index in [-0.39, 0.29) is 5.82 Å². The Bertz CT molecular complexity index is 506. The summed E-state index contributed by atoms with van der Waals surface area (Å²) in [6, 6.07) is 5.93. The molecule has 2 aliphatic heterocycles. The van der Waals surface area contributed by atoms with Crippen molar-refractivity contribution >= 4 is 0 Å². The molecule has 0 aromatic heterocycles. The average molecular weight is 322 g/mol. The van der Waals surface area contributed by atoms with Crippen LogP contribution in [0.15, 0.2) is 18.2 Å². The molecule has 2 saturated heterocycles. The molecule has 0 bridgehead atoms. The Morgan fingerprint density at radius 2 is 2.04 bits per heavy atom. The van der Waals surface area contributed by atoms with Crippen LogP contribution in [-0.2, 0) is 11.3 Å². The van der Waals surface area contributed by atoms with E-state index in [0.717, 1.165) is 45.0 Å². The van der Waals surface area contributed by atoms with E-state index in [0.29, 0.717) is 18.3 Å². The van der Waals surface area contributed by atoms with E-state index in [1.165, 1.54) is 26.4 Å². The van der Waals surface area contributed by atoms with Gasteiger partial charge in [-0.1, -0.05) is 18.6 Å². The highest BCUT2D eigenvalue weighted by atomic mass is 19.1. The van der Waals surface area contributed by atoms with E-state index in [9.17, 15) is 4.39 Å². The second-order valence-electron chi connectivity index (χ2n) is 6.47. The Morgan fingerprint density at radius 3 is 2.83 bits per heavy atom. The molecule has 1 aromatic rings. The maximum Gasteiger partial charge on any atom is 0.169 e. The van der Waals surface area contributed by atoms with Gasteiger partial charge in [-0.05, 0) is 25.5 Å². The number of halogens is 1. The lowest BCUT2D eigenvalue weighted by Crippen LogP contribution is -2.49. The Morgan fingerprint density at radius 1 is 1.22 bits per heavy atom. The first-order chi connectivity index (χ1) is 11.3. The summed E-state index contributed by atoms with van der Waals surface area (Å²) in [7, 11) is 1.52. The fraction of sp³-hybridized carbons (Fsp3) is 0.667. The molecule has 0 spiro atoms. The lowest BCUT2D eigenvalue weighted by molar-refractivity contribution is 0.0151. The number of rotatable bonds is 5. The Balaban J connectivity index is 1.66. The molecule has 23 heavy (non-hydrogen) atoms.